The zero-order valence-corrected chi connectivity index (χ0v) is 16.9. The van der Waals surface area contributed by atoms with Gasteiger partial charge in [-0.25, -0.2) is 9.18 Å². The second-order valence-corrected chi connectivity index (χ2v) is 6.82. The Morgan fingerprint density at radius 3 is 2.59 bits per heavy atom. The fourth-order valence-corrected chi connectivity index (χ4v) is 2.52. The lowest BCUT2D eigenvalue weighted by Crippen LogP contribution is -2.36. The highest BCUT2D eigenvalue weighted by molar-refractivity contribution is 6.42. The van der Waals surface area contributed by atoms with Gasteiger partial charge in [0.1, 0.15) is 11.6 Å². The average molecular weight is 440 g/mol. The number of benzene rings is 2. The molecule has 3 N–H and O–H groups in total. The zero-order chi connectivity index (χ0) is 21.2. The quantitative estimate of drug-likeness (QED) is 0.551. The van der Waals surface area contributed by atoms with E-state index in [0.717, 1.165) is 0 Å². The summed E-state index contributed by atoms with van der Waals surface area (Å²) in [6.45, 7) is 3.98. The van der Waals surface area contributed by atoms with E-state index in [1.54, 1.807) is 24.3 Å². The van der Waals surface area contributed by atoms with E-state index < -0.39 is 11.9 Å². The van der Waals surface area contributed by atoms with Gasteiger partial charge in [-0.1, -0.05) is 41.9 Å². The van der Waals surface area contributed by atoms with Gasteiger partial charge in [0.15, 0.2) is 6.61 Å². The molecule has 2 aromatic carbocycles. The van der Waals surface area contributed by atoms with Crippen LogP contribution in [0.3, 0.4) is 0 Å². The van der Waals surface area contributed by atoms with Crippen molar-refractivity contribution in [1.29, 1.82) is 0 Å². The van der Waals surface area contributed by atoms with Crippen molar-refractivity contribution >= 4 is 35.1 Å². The molecular formula is C20H20Cl2FN3O3. The summed E-state index contributed by atoms with van der Waals surface area (Å²) < 4.78 is 18.4. The zero-order valence-electron chi connectivity index (χ0n) is 15.4. The highest BCUT2D eigenvalue weighted by atomic mass is 35.5. The Morgan fingerprint density at radius 2 is 1.86 bits per heavy atom. The second-order valence-electron chi connectivity index (χ2n) is 6.01. The first-order valence-electron chi connectivity index (χ1n) is 8.65. The van der Waals surface area contributed by atoms with Gasteiger partial charge in [-0.3, -0.25) is 4.79 Å². The van der Waals surface area contributed by atoms with E-state index in [4.69, 9.17) is 27.9 Å². The third-order valence-corrected chi connectivity index (χ3v) is 4.37. The van der Waals surface area contributed by atoms with Crippen molar-refractivity contribution in [3.63, 3.8) is 0 Å². The summed E-state index contributed by atoms with van der Waals surface area (Å²) in [5, 5.41) is 8.55. The van der Waals surface area contributed by atoms with Crippen molar-refractivity contribution < 1.29 is 18.7 Å². The summed E-state index contributed by atoms with van der Waals surface area (Å²) in [5.41, 5.74) is 1.08. The van der Waals surface area contributed by atoms with E-state index in [1.807, 2.05) is 0 Å². The lowest BCUT2D eigenvalue weighted by molar-refractivity contribution is -0.122. The molecule has 0 atom stereocenters. The SMILES string of the molecule is C=C(CCNC(=O)NCc1cccc(F)c1)NC(=O)COc1ccc(Cl)c(Cl)c1. The van der Waals surface area contributed by atoms with Crippen LogP contribution in [0.15, 0.2) is 54.7 Å². The number of hydrogen-bond donors (Lipinski definition) is 3. The molecule has 0 saturated heterocycles. The maximum Gasteiger partial charge on any atom is 0.315 e. The third kappa shape index (κ3) is 8.41. The first-order valence-corrected chi connectivity index (χ1v) is 9.40. The van der Waals surface area contributed by atoms with Crippen molar-refractivity contribution in [1.82, 2.24) is 16.0 Å². The van der Waals surface area contributed by atoms with Gasteiger partial charge in [0.25, 0.3) is 5.91 Å². The minimum atomic E-state index is -0.406. The minimum Gasteiger partial charge on any atom is -0.484 e. The Kier molecular flexibility index (Phi) is 8.76. The van der Waals surface area contributed by atoms with Gasteiger partial charge in [0.2, 0.25) is 0 Å². The highest BCUT2D eigenvalue weighted by Gasteiger charge is 2.07. The fraction of sp³-hybridized carbons (Fsp3) is 0.200. The van der Waals surface area contributed by atoms with Crippen molar-refractivity contribution in [2.75, 3.05) is 13.2 Å². The summed E-state index contributed by atoms with van der Waals surface area (Å²) in [5.74, 6) is -0.340. The Morgan fingerprint density at radius 1 is 1.07 bits per heavy atom. The van der Waals surface area contributed by atoms with Crippen LogP contribution in [0.25, 0.3) is 0 Å². The number of hydrogen-bond acceptors (Lipinski definition) is 3. The predicted molar refractivity (Wildman–Crippen MR) is 110 cm³/mol. The molecule has 0 aromatic heterocycles. The van der Waals surface area contributed by atoms with E-state index in [1.165, 1.54) is 18.2 Å². The van der Waals surface area contributed by atoms with E-state index in [0.29, 0.717) is 33.5 Å². The Labute approximate surface area is 178 Å². The van der Waals surface area contributed by atoms with Crippen LogP contribution in [0, 0.1) is 5.82 Å². The number of carbonyl (C=O) groups excluding carboxylic acids is 2. The molecule has 154 valence electrons. The molecule has 3 amide bonds. The first-order chi connectivity index (χ1) is 13.8. The van der Waals surface area contributed by atoms with Crippen molar-refractivity contribution in [3.05, 3.63) is 76.2 Å². The molecule has 0 aliphatic heterocycles. The monoisotopic (exact) mass is 439 g/mol. The van der Waals surface area contributed by atoms with Gasteiger partial charge >= 0.3 is 6.03 Å². The molecule has 0 saturated carbocycles. The minimum absolute atomic E-state index is 0.202. The first kappa shape index (κ1) is 22.5. The van der Waals surface area contributed by atoms with Crippen LogP contribution in [-0.4, -0.2) is 25.1 Å². The van der Waals surface area contributed by atoms with Crippen LogP contribution >= 0.6 is 23.2 Å². The molecule has 2 rings (SSSR count). The van der Waals surface area contributed by atoms with Crippen LogP contribution in [0.4, 0.5) is 9.18 Å². The molecule has 9 heteroatoms. The molecule has 0 heterocycles. The number of ether oxygens (including phenoxy) is 1. The fourth-order valence-electron chi connectivity index (χ4n) is 2.23. The van der Waals surface area contributed by atoms with Gasteiger partial charge in [0, 0.05) is 31.3 Å². The molecule has 0 unspecified atom stereocenters. The maximum absolute atomic E-state index is 13.1. The third-order valence-electron chi connectivity index (χ3n) is 3.63. The van der Waals surface area contributed by atoms with Crippen molar-refractivity contribution in [3.8, 4) is 5.75 Å². The van der Waals surface area contributed by atoms with Gasteiger partial charge < -0.3 is 20.7 Å². The molecule has 0 bridgehead atoms. The van der Waals surface area contributed by atoms with Gasteiger partial charge in [-0.15, -0.1) is 0 Å². The van der Waals surface area contributed by atoms with Crippen LogP contribution in [0.2, 0.25) is 10.0 Å². The molecule has 29 heavy (non-hydrogen) atoms. The van der Waals surface area contributed by atoms with E-state index in [2.05, 4.69) is 22.5 Å². The molecule has 2 aromatic rings. The molecular weight excluding hydrogens is 420 g/mol. The van der Waals surface area contributed by atoms with E-state index in [-0.39, 0.29) is 25.5 Å². The van der Waals surface area contributed by atoms with Gasteiger partial charge in [0.05, 0.1) is 10.0 Å². The number of urea groups is 1. The van der Waals surface area contributed by atoms with E-state index >= 15 is 0 Å². The van der Waals surface area contributed by atoms with Crippen LogP contribution in [-0.2, 0) is 11.3 Å². The largest absolute Gasteiger partial charge is 0.484 e. The molecule has 0 aliphatic rings. The average Bonchev–Trinajstić information content (AvgIpc) is 2.67. The Balaban J connectivity index is 1.61. The molecule has 0 radical (unpaired) electrons. The number of carbonyl (C=O) groups is 2. The van der Waals surface area contributed by atoms with Crippen molar-refractivity contribution in [2.24, 2.45) is 0 Å². The van der Waals surface area contributed by atoms with Gasteiger partial charge in [-0.05, 0) is 29.8 Å². The number of halogens is 3. The maximum atomic E-state index is 13.1. The molecule has 0 spiro atoms. The van der Waals surface area contributed by atoms with Crippen molar-refractivity contribution in [2.45, 2.75) is 13.0 Å². The Hall–Kier alpha value is -2.77. The number of nitrogens with one attached hydrogen (secondary N) is 3. The second kappa shape index (κ2) is 11.3. The lowest BCUT2D eigenvalue weighted by atomic mass is 10.2. The molecule has 0 fully saturated rings. The topological polar surface area (TPSA) is 79.5 Å². The standard InChI is InChI=1S/C20H20Cl2FN3O3/c1-13(26-19(27)12-29-16-5-6-17(21)18(22)10-16)7-8-24-20(28)25-11-14-3-2-4-15(23)9-14/h2-6,9-10H,1,7-8,11-12H2,(H,26,27)(H2,24,25,28). The summed E-state index contributed by atoms with van der Waals surface area (Å²) in [7, 11) is 0. The van der Waals surface area contributed by atoms with Crippen LogP contribution in [0.5, 0.6) is 5.75 Å². The van der Waals surface area contributed by atoms with Crippen LogP contribution < -0.4 is 20.7 Å². The number of rotatable bonds is 9. The molecule has 0 aliphatic carbocycles. The summed E-state index contributed by atoms with van der Waals surface area (Å²) >= 11 is 11.7. The predicted octanol–water partition coefficient (Wildman–Crippen LogP) is 4.03. The number of amides is 3. The highest BCUT2D eigenvalue weighted by Crippen LogP contribution is 2.26. The summed E-state index contributed by atoms with van der Waals surface area (Å²) in [4.78, 5) is 23.6. The smallest absolute Gasteiger partial charge is 0.315 e. The summed E-state index contributed by atoms with van der Waals surface area (Å²) in [6.07, 6.45) is 0.339. The van der Waals surface area contributed by atoms with Crippen LogP contribution in [0.1, 0.15) is 12.0 Å². The normalized spacial score (nSPS) is 10.2. The lowest BCUT2D eigenvalue weighted by Gasteiger charge is -2.11. The molecule has 6 nitrogen and oxygen atoms in total. The van der Waals surface area contributed by atoms with E-state index in [9.17, 15) is 14.0 Å². The summed E-state index contributed by atoms with van der Waals surface area (Å²) in [6, 6.07) is 10.2. The van der Waals surface area contributed by atoms with Gasteiger partial charge in [-0.2, -0.15) is 0 Å². The Bertz CT molecular complexity index is 893.